The largest absolute Gasteiger partial charge is 0.369 e. The van der Waals surface area contributed by atoms with Crippen LogP contribution in [-0.2, 0) is 4.74 Å². The zero-order chi connectivity index (χ0) is 11.0. The molecule has 1 fully saturated rings. The van der Waals surface area contributed by atoms with Gasteiger partial charge in [0, 0.05) is 11.1 Å². The number of hydrogen-bond donors (Lipinski definition) is 0. The fourth-order valence-electron chi connectivity index (χ4n) is 1.52. The molecule has 0 bridgehead atoms. The van der Waals surface area contributed by atoms with E-state index in [9.17, 15) is 0 Å². The Hall–Kier alpha value is -1.13. The standard InChI is InChI=1S/C12H12N2OS/c1-12(6-15-12)7-16-11-9-4-2-3-5-10(9)13-8-14-11/h2-5,8H,6-7H2,1H3. The van der Waals surface area contributed by atoms with Crippen molar-refractivity contribution in [1.29, 1.82) is 0 Å². The first kappa shape index (κ1) is 10.1. The minimum Gasteiger partial charge on any atom is -0.369 e. The van der Waals surface area contributed by atoms with Crippen LogP contribution in [-0.4, -0.2) is 27.9 Å². The topological polar surface area (TPSA) is 38.3 Å². The maximum Gasteiger partial charge on any atom is 0.117 e. The Labute approximate surface area is 98.2 Å². The Morgan fingerprint density at radius 3 is 3.00 bits per heavy atom. The van der Waals surface area contributed by atoms with E-state index in [1.165, 1.54) is 0 Å². The lowest BCUT2D eigenvalue weighted by molar-refractivity contribution is 0.348. The van der Waals surface area contributed by atoms with E-state index in [1.54, 1.807) is 18.1 Å². The van der Waals surface area contributed by atoms with Crippen LogP contribution in [0.4, 0.5) is 0 Å². The van der Waals surface area contributed by atoms with Crippen molar-refractivity contribution in [3.63, 3.8) is 0 Å². The second-order valence-corrected chi connectivity index (χ2v) is 5.19. The fourth-order valence-corrected chi connectivity index (χ4v) is 2.58. The highest BCUT2D eigenvalue weighted by atomic mass is 32.2. The Balaban J connectivity index is 1.90. The highest BCUT2D eigenvalue weighted by Gasteiger charge is 2.39. The monoisotopic (exact) mass is 232 g/mol. The Bertz CT molecular complexity index is 520. The molecule has 1 aromatic carbocycles. The molecule has 3 nitrogen and oxygen atoms in total. The Kier molecular flexibility index (Phi) is 2.33. The average Bonchev–Trinajstić information content (AvgIpc) is 3.05. The summed E-state index contributed by atoms with van der Waals surface area (Å²) < 4.78 is 5.37. The summed E-state index contributed by atoms with van der Waals surface area (Å²) in [6.45, 7) is 2.99. The predicted octanol–water partition coefficient (Wildman–Crippen LogP) is 2.51. The number of benzene rings is 1. The Morgan fingerprint density at radius 1 is 1.38 bits per heavy atom. The lowest BCUT2D eigenvalue weighted by atomic mass is 10.2. The first-order chi connectivity index (χ1) is 7.77. The zero-order valence-electron chi connectivity index (χ0n) is 9.01. The van der Waals surface area contributed by atoms with Gasteiger partial charge in [0.15, 0.2) is 0 Å². The van der Waals surface area contributed by atoms with Crippen LogP contribution in [0, 0.1) is 0 Å². The van der Waals surface area contributed by atoms with Crippen molar-refractivity contribution >= 4 is 22.7 Å². The summed E-state index contributed by atoms with van der Waals surface area (Å²) in [5, 5.41) is 2.17. The second kappa shape index (κ2) is 3.71. The van der Waals surface area contributed by atoms with Crippen LogP contribution in [0.3, 0.4) is 0 Å². The van der Waals surface area contributed by atoms with Gasteiger partial charge in [0.2, 0.25) is 0 Å². The van der Waals surface area contributed by atoms with Crippen molar-refractivity contribution in [2.24, 2.45) is 0 Å². The van der Waals surface area contributed by atoms with Gasteiger partial charge in [-0.15, -0.1) is 11.8 Å². The van der Waals surface area contributed by atoms with Crippen LogP contribution >= 0.6 is 11.8 Å². The number of hydrogen-bond acceptors (Lipinski definition) is 4. The molecular formula is C12H12N2OS. The number of thioether (sulfide) groups is 1. The number of para-hydroxylation sites is 1. The molecule has 1 unspecified atom stereocenters. The molecule has 0 aliphatic carbocycles. The SMILES string of the molecule is CC1(CSc2ncnc3ccccc23)CO1. The number of rotatable bonds is 3. The average molecular weight is 232 g/mol. The van der Waals surface area contributed by atoms with E-state index >= 15 is 0 Å². The maximum absolute atomic E-state index is 5.37. The molecule has 1 aliphatic heterocycles. The normalized spacial score (nSPS) is 23.6. The highest BCUT2D eigenvalue weighted by molar-refractivity contribution is 7.99. The van der Waals surface area contributed by atoms with Gasteiger partial charge in [-0.1, -0.05) is 18.2 Å². The maximum atomic E-state index is 5.37. The number of nitrogens with zero attached hydrogens (tertiary/aromatic N) is 2. The van der Waals surface area contributed by atoms with Crippen LogP contribution in [0.5, 0.6) is 0 Å². The van der Waals surface area contributed by atoms with E-state index in [0.29, 0.717) is 0 Å². The molecular weight excluding hydrogens is 220 g/mol. The molecule has 1 saturated heterocycles. The third kappa shape index (κ3) is 1.90. The molecule has 1 aliphatic rings. The zero-order valence-corrected chi connectivity index (χ0v) is 9.83. The van der Waals surface area contributed by atoms with Crippen molar-refractivity contribution in [2.45, 2.75) is 17.6 Å². The van der Waals surface area contributed by atoms with Crippen molar-refractivity contribution in [1.82, 2.24) is 9.97 Å². The van der Waals surface area contributed by atoms with E-state index in [2.05, 4.69) is 23.0 Å². The van der Waals surface area contributed by atoms with Gasteiger partial charge in [0.1, 0.15) is 11.4 Å². The molecule has 0 amide bonds. The Morgan fingerprint density at radius 2 is 2.19 bits per heavy atom. The van der Waals surface area contributed by atoms with Gasteiger partial charge < -0.3 is 4.74 Å². The molecule has 2 aromatic rings. The van der Waals surface area contributed by atoms with Gasteiger partial charge >= 0.3 is 0 Å². The number of fused-ring (bicyclic) bond motifs is 1. The molecule has 0 saturated carbocycles. The molecule has 1 atom stereocenters. The minimum atomic E-state index is 0.0662. The highest BCUT2D eigenvalue weighted by Crippen LogP contribution is 2.34. The smallest absolute Gasteiger partial charge is 0.117 e. The van der Waals surface area contributed by atoms with E-state index in [0.717, 1.165) is 28.3 Å². The molecule has 82 valence electrons. The van der Waals surface area contributed by atoms with Crippen molar-refractivity contribution < 1.29 is 4.74 Å². The second-order valence-electron chi connectivity index (χ2n) is 4.22. The minimum absolute atomic E-state index is 0.0662. The lowest BCUT2D eigenvalue weighted by Crippen LogP contribution is -2.07. The summed E-state index contributed by atoms with van der Waals surface area (Å²) in [6.07, 6.45) is 1.63. The van der Waals surface area contributed by atoms with Gasteiger partial charge in [-0.2, -0.15) is 0 Å². The van der Waals surface area contributed by atoms with Gasteiger partial charge in [0.25, 0.3) is 0 Å². The third-order valence-electron chi connectivity index (χ3n) is 2.66. The van der Waals surface area contributed by atoms with E-state index in [-0.39, 0.29) is 5.60 Å². The molecule has 4 heteroatoms. The van der Waals surface area contributed by atoms with E-state index in [1.807, 2.05) is 18.2 Å². The fraction of sp³-hybridized carbons (Fsp3) is 0.333. The van der Waals surface area contributed by atoms with Gasteiger partial charge in [-0.25, -0.2) is 9.97 Å². The van der Waals surface area contributed by atoms with Crippen LogP contribution in [0.1, 0.15) is 6.92 Å². The van der Waals surface area contributed by atoms with Crippen molar-refractivity contribution in [3.8, 4) is 0 Å². The summed E-state index contributed by atoms with van der Waals surface area (Å²) in [5.41, 5.74) is 1.07. The van der Waals surface area contributed by atoms with Crippen LogP contribution in [0.25, 0.3) is 10.9 Å². The number of aromatic nitrogens is 2. The summed E-state index contributed by atoms with van der Waals surface area (Å²) in [6, 6.07) is 8.09. The first-order valence-electron chi connectivity index (χ1n) is 5.23. The van der Waals surface area contributed by atoms with Gasteiger partial charge in [-0.05, 0) is 13.0 Å². The van der Waals surface area contributed by atoms with Crippen LogP contribution in [0.2, 0.25) is 0 Å². The molecule has 3 rings (SSSR count). The molecule has 0 spiro atoms. The summed E-state index contributed by atoms with van der Waals surface area (Å²) >= 11 is 1.74. The molecule has 0 N–H and O–H groups in total. The van der Waals surface area contributed by atoms with Crippen LogP contribution < -0.4 is 0 Å². The summed E-state index contributed by atoms with van der Waals surface area (Å²) in [4.78, 5) is 8.58. The van der Waals surface area contributed by atoms with E-state index in [4.69, 9.17) is 4.74 Å². The summed E-state index contributed by atoms with van der Waals surface area (Å²) in [5.74, 6) is 0.952. The first-order valence-corrected chi connectivity index (χ1v) is 6.22. The molecule has 1 aromatic heterocycles. The summed E-state index contributed by atoms with van der Waals surface area (Å²) in [7, 11) is 0. The van der Waals surface area contributed by atoms with Crippen molar-refractivity contribution in [3.05, 3.63) is 30.6 Å². The van der Waals surface area contributed by atoms with Gasteiger partial charge in [-0.3, -0.25) is 0 Å². The van der Waals surface area contributed by atoms with Gasteiger partial charge in [0.05, 0.1) is 17.7 Å². The molecule has 16 heavy (non-hydrogen) atoms. The molecule has 2 heterocycles. The lowest BCUT2D eigenvalue weighted by Gasteiger charge is -2.06. The molecule has 0 radical (unpaired) electrons. The van der Waals surface area contributed by atoms with E-state index < -0.39 is 0 Å². The number of ether oxygens (including phenoxy) is 1. The quantitative estimate of drug-likeness (QED) is 0.463. The third-order valence-corrected chi connectivity index (χ3v) is 4.01. The number of epoxide rings is 1. The predicted molar refractivity (Wildman–Crippen MR) is 64.6 cm³/mol. The van der Waals surface area contributed by atoms with Crippen molar-refractivity contribution in [2.75, 3.05) is 12.4 Å². The van der Waals surface area contributed by atoms with Crippen LogP contribution in [0.15, 0.2) is 35.6 Å².